The van der Waals surface area contributed by atoms with Gasteiger partial charge in [0.1, 0.15) is 5.69 Å². The maximum atomic E-state index is 12.5. The molecule has 0 aliphatic rings. The predicted molar refractivity (Wildman–Crippen MR) is 66.8 cm³/mol. The van der Waals surface area contributed by atoms with E-state index >= 15 is 0 Å². The smallest absolute Gasteiger partial charge is 0.287 e. The monoisotopic (exact) mass is 278 g/mol. The Morgan fingerprint density at radius 1 is 1.20 bits per heavy atom. The zero-order valence-electron chi connectivity index (χ0n) is 10.1. The van der Waals surface area contributed by atoms with Gasteiger partial charge in [0.2, 0.25) is 5.78 Å². The third kappa shape index (κ3) is 3.50. The minimum absolute atomic E-state index is 0.135. The lowest BCUT2D eigenvalue weighted by molar-refractivity contribution is -0.137. The Balaban J connectivity index is 2.18. The predicted octanol–water partition coefficient (Wildman–Crippen LogP) is 3.39. The van der Waals surface area contributed by atoms with Crippen LogP contribution in [0.15, 0.2) is 48.9 Å². The summed E-state index contributed by atoms with van der Waals surface area (Å²) in [5, 5.41) is 0. The molecule has 20 heavy (non-hydrogen) atoms. The van der Waals surface area contributed by atoms with Crippen molar-refractivity contribution in [3.05, 3.63) is 65.8 Å². The highest BCUT2D eigenvalue weighted by Crippen LogP contribution is 2.29. The molecule has 0 saturated heterocycles. The molecule has 0 fully saturated rings. The summed E-state index contributed by atoms with van der Waals surface area (Å²) in [4.78, 5) is 19.2. The van der Waals surface area contributed by atoms with E-state index in [4.69, 9.17) is 0 Å². The Bertz CT molecular complexity index is 636. The molecule has 0 unspecified atom stereocenters. The van der Waals surface area contributed by atoms with Crippen molar-refractivity contribution in [2.24, 2.45) is 0 Å². The second-order valence-electron chi connectivity index (χ2n) is 3.91. The number of rotatable bonds is 3. The third-order valence-electron chi connectivity index (χ3n) is 2.46. The van der Waals surface area contributed by atoms with Gasteiger partial charge in [0.15, 0.2) is 0 Å². The molecule has 102 valence electrons. The van der Waals surface area contributed by atoms with Crippen LogP contribution in [0.4, 0.5) is 13.2 Å². The second kappa shape index (κ2) is 5.64. The number of ketones is 1. The Kier molecular flexibility index (Phi) is 3.93. The summed E-state index contributed by atoms with van der Waals surface area (Å²) >= 11 is 0. The standard InChI is InChI=1S/C14H9F3N2O/c15-14(16,17)11-3-1-2-10(8-11)4-5-13(20)12-9-18-6-7-19-12/h1-9H/b5-4+. The van der Waals surface area contributed by atoms with Crippen molar-refractivity contribution in [2.45, 2.75) is 6.18 Å². The maximum absolute atomic E-state index is 12.5. The summed E-state index contributed by atoms with van der Waals surface area (Å²) in [6.07, 6.45) is 2.15. The Labute approximate surface area is 112 Å². The number of carbonyl (C=O) groups excluding carboxylic acids is 1. The lowest BCUT2D eigenvalue weighted by Crippen LogP contribution is -2.04. The Morgan fingerprint density at radius 2 is 2.00 bits per heavy atom. The molecule has 0 aliphatic carbocycles. The fraction of sp³-hybridized carbons (Fsp3) is 0.0714. The van der Waals surface area contributed by atoms with Crippen molar-refractivity contribution >= 4 is 11.9 Å². The Hall–Kier alpha value is -2.50. The van der Waals surface area contributed by atoms with Crippen LogP contribution >= 0.6 is 0 Å². The molecule has 2 aromatic rings. The van der Waals surface area contributed by atoms with E-state index in [0.29, 0.717) is 0 Å². The first kappa shape index (κ1) is 13.9. The summed E-state index contributed by atoms with van der Waals surface area (Å²) in [5.74, 6) is -0.421. The first-order valence-corrected chi connectivity index (χ1v) is 5.62. The van der Waals surface area contributed by atoms with Gasteiger partial charge in [-0.2, -0.15) is 13.2 Å². The quantitative estimate of drug-likeness (QED) is 0.638. The largest absolute Gasteiger partial charge is 0.416 e. The highest BCUT2D eigenvalue weighted by molar-refractivity contribution is 6.05. The minimum atomic E-state index is -4.40. The van der Waals surface area contributed by atoms with E-state index in [1.165, 1.54) is 42.9 Å². The van der Waals surface area contributed by atoms with E-state index in [1.807, 2.05) is 0 Å². The van der Waals surface area contributed by atoms with Crippen molar-refractivity contribution in [3.8, 4) is 0 Å². The maximum Gasteiger partial charge on any atom is 0.416 e. The van der Waals surface area contributed by atoms with Crippen LogP contribution in [0.3, 0.4) is 0 Å². The number of hydrogen-bond donors (Lipinski definition) is 0. The van der Waals surface area contributed by atoms with Crippen LogP contribution in [0.5, 0.6) is 0 Å². The highest BCUT2D eigenvalue weighted by Gasteiger charge is 2.30. The van der Waals surface area contributed by atoms with Gasteiger partial charge in [0.05, 0.1) is 11.8 Å². The molecular formula is C14H9F3N2O. The second-order valence-corrected chi connectivity index (χ2v) is 3.91. The number of carbonyl (C=O) groups is 1. The van der Waals surface area contributed by atoms with E-state index in [-0.39, 0.29) is 11.3 Å². The number of allylic oxidation sites excluding steroid dienone is 1. The Morgan fingerprint density at radius 3 is 2.65 bits per heavy atom. The van der Waals surface area contributed by atoms with Gasteiger partial charge in [0.25, 0.3) is 0 Å². The summed E-state index contributed by atoms with van der Waals surface area (Å²) in [6, 6.07) is 4.72. The molecule has 6 heteroatoms. The first-order valence-electron chi connectivity index (χ1n) is 5.62. The van der Waals surface area contributed by atoms with Gasteiger partial charge in [-0.3, -0.25) is 9.78 Å². The van der Waals surface area contributed by atoms with Crippen molar-refractivity contribution < 1.29 is 18.0 Å². The van der Waals surface area contributed by atoms with Crippen LogP contribution in [0, 0.1) is 0 Å². The molecule has 0 N–H and O–H groups in total. The molecule has 0 saturated carbocycles. The molecule has 0 amide bonds. The van der Waals surface area contributed by atoms with E-state index in [1.54, 1.807) is 0 Å². The minimum Gasteiger partial charge on any atom is -0.287 e. The number of halogens is 3. The van der Waals surface area contributed by atoms with Crippen molar-refractivity contribution in [3.63, 3.8) is 0 Å². The first-order chi connectivity index (χ1) is 9.47. The van der Waals surface area contributed by atoms with Gasteiger partial charge in [0, 0.05) is 12.4 Å². The molecule has 1 aromatic heterocycles. The van der Waals surface area contributed by atoms with Crippen LogP contribution in [-0.2, 0) is 6.18 Å². The zero-order valence-corrected chi connectivity index (χ0v) is 10.1. The topological polar surface area (TPSA) is 42.9 Å². The van der Waals surface area contributed by atoms with Gasteiger partial charge in [-0.15, -0.1) is 0 Å². The average Bonchev–Trinajstić information content (AvgIpc) is 2.45. The normalized spacial score (nSPS) is 11.8. The average molecular weight is 278 g/mol. The molecule has 1 aromatic carbocycles. The van der Waals surface area contributed by atoms with Crippen LogP contribution in [0.25, 0.3) is 6.08 Å². The van der Waals surface area contributed by atoms with E-state index < -0.39 is 17.5 Å². The zero-order chi connectivity index (χ0) is 14.6. The number of aromatic nitrogens is 2. The molecule has 0 aliphatic heterocycles. The molecule has 0 bridgehead atoms. The van der Waals surface area contributed by atoms with Crippen LogP contribution in [0.1, 0.15) is 21.6 Å². The van der Waals surface area contributed by atoms with Gasteiger partial charge in [-0.1, -0.05) is 18.2 Å². The van der Waals surface area contributed by atoms with Crippen molar-refractivity contribution in [2.75, 3.05) is 0 Å². The fourth-order valence-electron chi connectivity index (χ4n) is 1.50. The summed E-state index contributed by atoms with van der Waals surface area (Å²) in [5.41, 5.74) is -0.334. The van der Waals surface area contributed by atoms with E-state index in [9.17, 15) is 18.0 Å². The van der Waals surface area contributed by atoms with Crippen molar-refractivity contribution in [1.82, 2.24) is 9.97 Å². The molecule has 1 heterocycles. The summed E-state index contributed by atoms with van der Waals surface area (Å²) < 4.78 is 37.6. The van der Waals surface area contributed by atoms with Gasteiger partial charge < -0.3 is 0 Å². The van der Waals surface area contributed by atoms with Crippen molar-refractivity contribution in [1.29, 1.82) is 0 Å². The van der Waals surface area contributed by atoms with Gasteiger partial charge >= 0.3 is 6.18 Å². The number of alkyl halides is 3. The molecule has 0 spiro atoms. The molecular weight excluding hydrogens is 269 g/mol. The summed E-state index contributed by atoms with van der Waals surface area (Å²) in [6.45, 7) is 0. The molecule has 0 atom stereocenters. The van der Waals surface area contributed by atoms with Crippen LogP contribution < -0.4 is 0 Å². The highest BCUT2D eigenvalue weighted by atomic mass is 19.4. The number of benzene rings is 1. The van der Waals surface area contributed by atoms with Gasteiger partial charge in [-0.25, -0.2) is 4.98 Å². The third-order valence-corrected chi connectivity index (χ3v) is 2.46. The number of hydrogen-bond acceptors (Lipinski definition) is 3. The van der Waals surface area contributed by atoms with Crippen LogP contribution in [0.2, 0.25) is 0 Å². The molecule has 2 rings (SSSR count). The number of nitrogens with zero attached hydrogens (tertiary/aromatic N) is 2. The van der Waals surface area contributed by atoms with Gasteiger partial charge in [-0.05, 0) is 23.8 Å². The molecule has 3 nitrogen and oxygen atoms in total. The summed E-state index contributed by atoms with van der Waals surface area (Å²) in [7, 11) is 0. The lowest BCUT2D eigenvalue weighted by atomic mass is 10.1. The molecule has 0 radical (unpaired) electrons. The van der Waals surface area contributed by atoms with E-state index in [2.05, 4.69) is 9.97 Å². The van der Waals surface area contributed by atoms with E-state index in [0.717, 1.165) is 12.1 Å². The van der Waals surface area contributed by atoms with Crippen LogP contribution in [-0.4, -0.2) is 15.8 Å². The SMILES string of the molecule is O=C(/C=C/c1cccc(C(F)(F)F)c1)c1cnccn1. The fourth-order valence-corrected chi connectivity index (χ4v) is 1.50. The lowest BCUT2D eigenvalue weighted by Gasteiger charge is -2.06.